The van der Waals surface area contributed by atoms with Crippen LogP contribution in [0.5, 0.6) is 0 Å². The highest BCUT2D eigenvalue weighted by molar-refractivity contribution is 5.91. The van der Waals surface area contributed by atoms with Gasteiger partial charge in [0.05, 0.1) is 12.2 Å². The molecule has 0 heterocycles. The number of carbonyl (C=O) groups excluding carboxylic acids is 2. The van der Waals surface area contributed by atoms with E-state index in [0.29, 0.717) is 12.0 Å². The van der Waals surface area contributed by atoms with E-state index in [1.807, 2.05) is 12.1 Å². The van der Waals surface area contributed by atoms with Gasteiger partial charge in [0.1, 0.15) is 0 Å². The third kappa shape index (κ3) is 5.58. The molecule has 21 heavy (non-hydrogen) atoms. The van der Waals surface area contributed by atoms with E-state index in [1.54, 1.807) is 26.0 Å². The molecule has 1 rings (SSSR count). The highest BCUT2D eigenvalue weighted by Crippen LogP contribution is 2.11. The predicted molar refractivity (Wildman–Crippen MR) is 81.2 cm³/mol. The zero-order chi connectivity index (χ0) is 15.7. The summed E-state index contributed by atoms with van der Waals surface area (Å²) >= 11 is 0. The van der Waals surface area contributed by atoms with Crippen molar-refractivity contribution >= 4 is 11.9 Å². The fourth-order valence-electron chi connectivity index (χ4n) is 1.92. The molecule has 0 aliphatic rings. The van der Waals surface area contributed by atoms with Crippen LogP contribution in [0.1, 0.15) is 56.0 Å². The smallest absolute Gasteiger partial charge is 0.347 e. The normalized spacial score (nSPS) is 11.8. The van der Waals surface area contributed by atoms with Crippen LogP contribution in [0.4, 0.5) is 0 Å². The Kier molecular flexibility index (Phi) is 7.51. The summed E-state index contributed by atoms with van der Waals surface area (Å²) < 4.78 is 10.1. The van der Waals surface area contributed by atoms with Crippen LogP contribution in [-0.2, 0) is 20.7 Å². The van der Waals surface area contributed by atoms with Gasteiger partial charge in [0.15, 0.2) is 6.10 Å². The summed E-state index contributed by atoms with van der Waals surface area (Å²) in [6.45, 7) is 5.93. The Labute approximate surface area is 126 Å². The molecular weight excluding hydrogens is 268 g/mol. The Morgan fingerprint density at radius 2 is 1.76 bits per heavy atom. The molecule has 0 spiro atoms. The second kappa shape index (κ2) is 9.16. The van der Waals surface area contributed by atoms with Crippen molar-refractivity contribution in [3.63, 3.8) is 0 Å². The lowest BCUT2D eigenvalue weighted by Gasteiger charge is -2.14. The summed E-state index contributed by atoms with van der Waals surface area (Å²) in [7, 11) is 0. The summed E-state index contributed by atoms with van der Waals surface area (Å²) in [5.41, 5.74) is 1.66. The lowest BCUT2D eigenvalue weighted by atomic mass is 10.1. The van der Waals surface area contributed by atoms with Gasteiger partial charge in [-0.05, 0) is 43.9 Å². The number of esters is 2. The average Bonchev–Trinajstić information content (AvgIpc) is 2.51. The van der Waals surface area contributed by atoms with E-state index in [1.165, 1.54) is 5.56 Å². The zero-order valence-electron chi connectivity index (χ0n) is 13.1. The summed E-state index contributed by atoms with van der Waals surface area (Å²) in [4.78, 5) is 23.6. The molecular formula is C17H24O4. The minimum absolute atomic E-state index is 0.277. The Balaban J connectivity index is 2.63. The quantitative estimate of drug-likeness (QED) is 0.688. The maximum absolute atomic E-state index is 12.0. The molecule has 0 aliphatic carbocycles. The molecule has 0 N–H and O–H groups in total. The molecule has 1 unspecified atom stereocenters. The predicted octanol–water partition coefficient (Wildman–Crippen LogP) is 3.53. The van der Waals surface area contributed by atoms with E-state index in [-0.39, 0.29) is 6.61 Å². The minimum atomic E-state index is -0.836. The molecule has 0 amide bonds. The molecule has 0 bridgehead atoms. The van der Waals surface area contributed by atoms with Gasteiger partial charge in [-0.25, -0.2) is 9.59 Å². The third-order valence-electron chi connectivity index (χ3n) is 3.18. The highest BCUT2D eigenvalue weighted by atomic mass is 16.6. The minimum Gasteiger partial charge on any atom is -0.463 e. The van der Waals surface area contributed by atoms with Gasteiger partial charge in [0, 0.05) is 0 Å². The van der Waals surface area contributed by atoms with Crippen LogP contribution in [0.25, 0.3) is 0 Å². The van der Waals surface area contributed by atoms with E-state index < -0.39 is 18.0 Å². The van der Waals surface area contributed by atoms with Gasteiger partial charge < -0.3 is 9.47 Å². The zero-order valence-corrected chi connectivity index (χ0v) is 13.1. The first-order chi connectivity index (χ1) is 10.1. The van der Waals surface area contributed by atoms with Crippen LogP contribution in [0, 0.1) is 0 Å². The van der Waals surface area contributed by atoms with Gasteiger partial charge in [-0.1, -0.05) is 32.4 Å². The van der Waals surface area contributed by atoms with Crippen molar-refractivity contribution in [3.8, 4) is 0 Å². The fraction of sp³-hybridized carbons (Fsp3) is 0.529. The van der Waals surface area contributed by atoms with Gasteiger partial charge in [0.25, 0.3) is 0 Å². The SMILES string of the molecule is CCCCc1ccc(C(=O)OC(CC)C(=O)OCC)cc1. The number of aryl methyl sites for hydroxylation is 1. The summed E-state index contributed by atoms with van der Waals surface area (Å²) in [6.07, 6.45) is 2.84. The number of unbranched alkanes of at least 4 members (excludes halogenated alkanes) is 1. The Hall–Kier alpha value is -1.84. The molecule has 116 valence electrons. The Morgan fingerprint density at radius 1 is 1.10 bits per heavy atom. The van der Waals surface area contributed by atoms with Crippen LogP contribution in [0.15, 0.2) is 24.3 Å². The van der Waals surface area contributed by atoms with Crippen molar-refractivity contribution in [3.05, 3.63) is 35.4 Å². The van der Waals surface area contributed by atoms with E-state index in [4.69, 9.17) is 9.47 Å². The largest absolute Gasteiger partial charge is 0.463 e. The molecule has 0 aliphatic heterocycles. The number of benzene rings is 1. The molecule has 4 heteroatoms. The van der Waals surface area contributed by atoms with E-state index in [0.717, 1.165) is 19.3 Å². The van der Waals surface area contributed by atoms with Gasteiger partial charge >= 0.3 is 11.9 Å². The van der Waals surface area contributed by atoms with Crippen LogP contribution in [-0.4, -0.2) is 24.6 Å². The second-order valence-corrected chi connectivity index (χ2v) is 4.85. The first-order valence-electron chi connectivity index (χ1n) is 7.58. The molecule has 0 saturated carbocycles. The number of hydrogen-bond donors (Lipinski definition) is 0. The van der Waals surface area contributed by atoms with Gasteiger partial charge in [-0.2, -0.15) is 0 Å². The van der Waals surface area contributed by atoms with Gasteiger partial charge in [-0.15, -0.1) is 0 Å². The average molecular weight is 292 g/mol. The van der Waals surface area contributed by atoms with Crippen molar-refractivity contribution in [1.82, 2.24) is 0 Å². The van der Waals surface area contributed by atoms with Gasteiger partial charge in [0.2, 0.25) is 0 Å². The van der Waals surface area contributed by atoms with Crippen LogP contribution >= 0.6 is 0 Å². The number of hydrogen-bond acceptors (Lipinski definition) is 4. The number of carbonyl (C=O) groups is 2. The summed E-state index contributed by atoms with van der Waals surface area (Å²) in [5, 5.41) is 0. The number of ether oxygens (including phenoxy) is 2. The van der Waals surface area contributed by atoms with Crippen molar-refractivity contribution in [2.45, 2.75) is 52.6 Å². The number of rotatable bonds is 8. The lowest BCUT2D eigenvalue weighted by Crippen LogP contribution is -2.28. The summed E-state index contributed by atoms with van der Waals surface area (Å²) in [5.74, 6) is -0.982. The van der Waals surface area contributed by atoms with Crippen LogP contribution in [0.3, 0.4) is 0 Å². The first-order valence-corrected chi connectivity index (χ1v) is 7.58. The molecule has 1 aromatic carbocycles. The lowest BCUT2D eigenvalue weighted by molar-refractivity contribution is -0.153. The highest BCUT2D eigenvalue weighted by Gasteiger charge is 2.22. The van der Waals surface area contributed by atoms with Crippen molar-refractivity contribution in [2.24, 2.45) is 0 Å². The maximum Gasteiger partial charge on any atom is 0.347 e. The third-order valence-corrected chi connectivity index (χ3v) is 3.18. The van der Waals surface area contributed by atoms with Crippen molar-refractivity contribution < 1.29 is 19.1 Å². The topological polar surface area (TPSA) is 52.6 Å². The summed E-state index contributed by atoms with van der Waals surface area (Å²) in [6, 6.07) is 7.34. The first kappa shape index (κ1) is 17.2. The fourth-order valence-corrected chi connectivity index (χ4v) is 1.92. The standard InChI is InChI=1S/C17H24O4/c1-4-7-8-13-9-11-14(12-10-13)16(18)21-15(5-2)17(19)20-6-3/h9-12,15H,4-8H2,1-3H3. The Morgan fingerprint density at radius 3 is 2.29 bits per heavy atom. The van der Waals surface area contributed by atoms with E-state index >= 15 is 0 Å². The van der Waals surface area contributed by atoms with Gasteiger partial charge in [-0.3, -0.25) is 0 Å². The molecule has 1 atom stereocenters. The Bertz CT molecular complexity index is 450. The molecule has 0 fully saturated rings. The van der Waals surface area contributed by atoms with Crippen molar-refractivity contribution in [1.29, 1.82) is 0 Å². The van der Waals surface area contributed by atoms with E-state index in [9.17, 15) is 9.59 Å². The maximum atomic E-state index is 12.0. The van der Waals surface area contributed by atoms with Crippen LogP contribution in [0.2, 0.25) is 0 Å². The monoisotopic (exact) mass is 292 g/mol. The second-order valence-electron chi connectivity index (χ2n) is 4.85. The van der Waals surface area contributed by atoms with Crippen molar-refractivity contribution in [2.75, 3.05) is 6.61 Å². The van der Waals surface area contributed by atoms with Crippen LogP contribution < -0.4 is 0 Å². The van der Waals surface area contributed by atoms with E-state index in [2.05, 4.69) is 6.92 Å². The molecule has 4 nitrogen and oxygen atoms in total. The molecule has 1 aromatic rings. The molecule has 0 radical (unpaired) electrons. The molecule has 0 aromatic heterocycles. The molecule has 0 saturated heterocycles.